The zero-order valence-electron chi connectivity index (χ0n) is 9.65. The highest BCUT2D eigenvalue weighted by Crippen LogP contribution is 1.94. The van der Waals surface area contributed by atoms with Gasteiger partial charge in [0.15, 0.2) is 0 Å². The molecule has 0 aromatic heterocycles. The highest BCUT2D eigenvalue weighted by Gasteiger charge is 2.07. The lowest BCUT2D eigenvalue weighted by Crippen LogP contribution is -2.34. The number of carbonyl (C=O) groups excluding carboxylic acids is 1. The van der Waals surface area contributed by atoms with Crippen molar-refractivity contribution in [1.82, 2.24) is 9.80 Å². The number of nitrogens with zero attached hydrogens (tertiary/aromatic N) is 2. The normalized spacial score (nSPS) is 11.7. The molecule has 0 rings (SSSR count). The minimum absolute atomic E-state index is 0.00104. The molecule has 0 aliphatic heterocycles. The van der Waals surface area contributed by atoms with Crippen LogP contribution in [0, 0.1) is 0 Å². The standard InChI is InChI=1S/C10H18N2O3/c1-8(10(14)15)5-6-12(4)7-9(13)11(2)3/h5H,6-7H2,1-4H3,(H,14,15). The summed E-state index contributed by atoms with van der Waals surface area (Å²) in [4.78, 5) is 25.0. The van der Waals surface area contributed by atoms with E-state index in [2.05, 4.69) is 0 Å². The van der Waals surface area contributed by atoms with Crippen LogP contribution in [-0.4, -0.2) is 61.0 Å². The van der Waals surface area contributed by atoms with E-state index in [1.165, 1.54) is 11.8 Å². The summed E-state index contributed by atoms with van der Waals surface area (Å²) < 4.78 is 0. The zero-order valence-corrected chi connectivity index (χ0v) is 9.65. The number of aliphatic carboxylic acids is 1. The number of carbonyl (C=O) groups is 2. The van der Waals surface area contributed by atoms with E-state index in [1.54, 1.807) is 32.1 Å². The summed E-state index contributed by atoms with van der Waals surface area (Å²) in [7, 11) is 5.15. The molecule has 15 heavy (non-hydrogen) atoms. The van der Waals surface area contributed by atoms with E-state index in [4.69, 9.17) is 5.11 Å². The molecule has 0 fully saturated rings. The van der Waals surface area contributed by atoms with Gasteiger partial charge < -0.3 is 10.0 Å². The van der Waals surface area contributed by atoms with Gasteiger partial charge in [0.25, 0.3) is 0 Å². The van der Waals surface area contributed by atoms with Crippen molar-refractivity contribution in [3.05, 3.63) is 11.6 Å². The molecule has 0 atom stereocenters. The fourth-order valence-electron chi connectivity index (χ4n) is 0.817. The first-order chi connectivity index (χ1) is 6.84. The number of carboxylic acid groups (broad SMARTS) is 1. The van der Waals surface area contributed by atoms with Crippen molar-refractivity contribution in [2.24, 2.45) is 0 Å². The first kappa shape index (κ1) is 13.6. The Kier molecular flexibility index (Phi) is 5.62. The Bertz CT molecular complexity index is 272. The third kappa shape index (κ3) is 5.85. The lowest BCUT2D eigenvalue weighted by atomic mass is 10.3. The minimum Gasteiger partial charge on any atom is -0.478 e. The molecule has 0 radical (unpaired) electrons. The van der Waals surface area contributed by atoms with Crippen LogP contribution < -0.4 is 0 Å². The number of rotatable bonds is 5. The van der Waals surface area contributed by atoms with Crippen molar-refractivity contribution in [3.63, 3.8) is 0 Å². The van der Waals surface area contributed by atoms with E-state index in [-0.39, 0.29) is 12.5 Å². The van der Waals surface area contributed by atoms with Gasteiger partial charge >= 0.3 is 5.97 Å². The van der Waals surface area contributed by atoms with E-state index >= 15 is 0 Å². The van der Waals surface area contributed by atoms with Gasteiger partial charge in [-0.05, 0) is 14.0 Å². The van der Waals surface area contributed by atoms with Crippen LogP contribution in [-0.2, 0) is 9.59 Å². The maximum Gasteiger partial charge on any atom is 0.330 e. The van der Waals surface area contributed by atoms with Crippen LogP contribution in [0.5, 0.6) is 0 Å². The molecule has 5 nitrogen and oxygen atoms in total. The minimum atomic E-state index is -0.928. The molecule has 0 unspecified atom stereocenters. The van der Waals surface area contributed by atoms with Crippen molar-refractivity contribution in [1.29, 1.82) is 0 Å². The van der Waals surface area contributed by atoms with Crippen LogP contribution in [0.3, 0.4) is 0 Å². The summed E-state index contributed by atoms with van der Waals surface area (Å²) in [6.07, 6.45) is 1.59. The number of hydrogen-bond acceptors (Lipinski definition) is 3. The van der Waals surface area contributed by atoms with Crippen LogP contribution in [0.15, 0.2) is 11.6 Å². The predicted molar refractivity (Wildman–Crippen MR) is 57.6 cm³/mol. The van der Waals surface area contributed by atoms with Crippen LogP contribution in [0.1, 0.15) is 6.92 Å². The van der Waals surface area contributed by atoms with Crippen LogP contribution in [0.25, 0.3) is 0 Å². The van der Waals surface area contributed by atoms with Gasteiger partial charge in [0, 0.05) is 26.2 Å². The quantitative estimate of drug-likeness (QED) is 0.656. The Labute approximate surface area is 90.0 Å². The van der Waals surface area contributed by atoms with Crippen molar-refractivity contribution in [2.75, 3.05) is 34.2 Å². The van der Waals surface area contributed by atoms with Gasteiger partial charge in [-0.2, -0.15) is 0 Å². The number of likely N-dealkylation sites (N-methyl/N-ethyl adjacent to an activating group) is 2. The maximum absolute atomic E-state index is 11.3. The monoisotopic (exact) mass is 214 g/mol. The molecule has 0 aliphatic carbocycles. The fraction of sp³-hybridized carbons (Fsp3) is 0.600. The summed E-state index contributed by atoms with van der Waals surface area (Å²) in [5, 5.41) is 8.60. The van der Waals surface area contributed by atoms with Crippen LogP contribution in [0.2, 0.25) is 0 Å². The zero-order chi connectivity index (χ0) is 12.0. The van der Waals surface area contributed by atoms with E-state index < -0.39 is 5.97 Å². The van der Waals surface area contributed by atoms with Crippen molar-refractivity contribution in [2.45, 2.75) is 6.92 Å². The summed E-state index contributed by atoms with van der Waals surface area (Å²) in [6.45, 7) is 2.28. The van der Waals surface area contributed by atoms with E-state index in [0.717, 1.165) is 0 Å². The molecule has 0 saturated heterocycles. The lowest BCUT2D eigenvalue weighted by Gasteiger charge is -2.17. The Morgan fingerprint density at radius 2 is 1.80 bits per heavy atom. The molecular formula is C10H18N2O3. The highest BCUT2D eigenvalue weighted by atomic mass is 16.4. The highest BCUT2D eigenvalue weighted by molar-refractivity contribution is 5.85. The van der Waals surface area contributed by atoms with Crippen LogP contribution in [0.4, 0.5) is 0 Å². The Morgan fingerprint density at radius 1 is 1.27 bits per heavy atom. The summed E-state index contributed by atoms with van der Waals surface area (Å²) in [6, 6.07) is 0. The van der Waals surface area contributed by atoms with E-state index in [1.807, 2.05) is 0 Å². The molecule has 0 bridgehead atoms. The first-order valence-electron chi connectivity index (χ1n) is 4.63. The molecule has 0 aromatic carbocycles. The second-order valence-electron chi connectivity index (χ2n) is 3.68. The molecule has 1 N–H and O–H groups in total. The Morgan fingerprint density at radius 3 is 2.20 bits per heavy atom. The van der Waals surface area contributed by atoms with Gasteiger partial charge in [0.05, 0.1) is 6.54 Å². The average molecular weight is 214 g/mol. The maximum atomic E-state index is 11.3. The molecule has 0 heterocycles. The molecular weight excluding hydrogens is 196 g/mol. The third-order valence-electron chi connectivity index (χ3n) is 1.95. The molecule has 86 valence electrons. The van der Waals surface area contributed by atoms with Gasteiger partial charge in [0.1, 0.15) is 0 Å². The number of amides is 1. The first-order valence-corrected chi connectivity index (χ1v) is 4.63. The molecule has 0 aromatic rings. The predicted octanol–water partition coefficient (Wildman–Crippen LogP) is 0.0373. The fourth-order valence-corrected chi connectivity index (χ4v) is 0.817. The molecule has 1 amide bonds. The van der Waals surface area contributed by atoms with E-state index in [9.17, 15) is 9.59 Å². The van der Waals surface area contributed by atoms with Crippen molar-refractivity contribution >= 4 is 11.9 Å². The number of hydrogen-bond donors (Lipinski definition) is 1. The van der Waals surface area contributed by atoms with Gasteiger partial charge in [-0.15, -0.1) is 0 Å². The summed E-state index contributed by atoms with van der Waals surface area (Å²) in [5.74, 6) is -0.929. The largest absolute Gasteiger partial charge is 0.478 e. The van der Waals surface area contributed by atoms with Gasteiger partial charge in [-0.3, -0.25) is 9.69 Å². The second kappa shape index (κ2) is 6.19. The molecule has 0 saturated carbocycles. The number of carboxylic acids is 1. The lowest BCUT2D eigenvalue weighted by molar-refractivity contribution is -0.132. The summed E-state index contributed by atoms with van der Waals surface area (Å²) in [5.41, 5.74) is 0.291. The van der Waals surface area contributed by atoms with Crippen LogP contribution >= 0.6 is 0 Å². The van der Waals surface area contributed by atoms with Gasteiger partial charge in [-0.1, -0.05) is 6.08 Å². The van der Waals surface area contributed by atoms with Crippen molar-refractivity contribution in [3.8, 4) is 0 Å². The topological polar surface area (TPSA) is 60.9 Å². The molecule has 0 aliphatic rings. The molecule has 0 spiro atoms. The van der Waals surface area contributed by atoms with E-state index in [0.29, 0.717) is 12.1 Å². The summed E-state index contributed by atoms with van der Waals surface area (Å²) >= 11 is 0. The Hall–Kier alpha value is -1.36. The Balaban J connectivity index is 4.05. The average Bonchev–Trinajstić information content (AvgIpc) is 2.13. The smallest absolute Gasteiger partial charge is 0.330 e. The van der Waals surface area contributed by atoms with Crippen molar-refractivity contribution < 1.29 is 14.7 Å². The SMILES string of the molecule is CC(=CCN(C)CC(=O)N(C)C)C(=O)O. The van der Waals surface area contributed by atoms with Gasteiger partial charge in [-0.25, -0.2) is 4.79 Å². The van der Waals surface area contributed by atoms with Gasteiger partial charge in [0.2, 0.25) is 5.91 Å². The third-order valence-corrected chi connectivity index (χ3v) is 1.95. The molecule has 5 heteroatoms. The second-order valence-corrected chi connectivity index (χ2v) is 3.68.